The number of nitrogens with one attached hydrogen (secondary N) is 3. The van der Waals surface area contributed by atoms with E-state index in [4.69, 9.17) is 0 Å². The molecule has 182 valence electrons. The van der Waals surface area contributed by atoms with Crippen molar-refractivity contribution >= 4 is 23.5 Å². The molecule has 2 unspecified atom stereocenters. The van der Waals surface area contributed by atoms with Gasteiger partial charge in [0.05, 0.1) is 5.69 Å². The lowest BCUT2D eigenvalue weighted by molar-refractivity contribution is 0.514. The molecule has 1 fully saturated rings. The van der Waals surface area contributed by atoms with Crippen LogP contribution in [0.2, 0.25) is 0 Å². The van der Waals surface area contributed by atoms with Crippen LogP contribution in [0.4, 0.5) is 15.9 Å². The molecule has 6 heteroatoms. The minimum atomic E-state index is -0.197. The maximum atomic E-state index is 14.9. The van der Waals surface area contributed by atoms with Gasteiger partial charge < -0.3 is 5.32 Å². The summed E-state index contributed by atoms with van der Waals surface area (Å²) in [5.41, 5.74) is 5.27. The second-order valence-electron chi connectivity index (χ2n) is 10.3. The molecule has 4 rings (SSSR count). The molecule has 0 radical (unpaired) electrons. The summed E-state index contributed by atoms with van der Waals surface area (Å²) in [6, 6.07) is 5.79. The number of halogens is 1. The van der Waals surface area contributed by atoms with E-state index in [1.54, 1.807) is 6.07 Å². The van der Waals surface area contributed by atoms with Gasteiger partial charge in [-0.25, -0.2) is 4.39 Å². The Labute approximate surface area is 207 Å². The van der Waals surface area contributed by atoms with Crippen molar-refractivity contribution in [3.8, 4) is 0 Å². The first-order chi connectivity index (χ1) is 16.3. The van der Waals surface area contributed by atoms with Gasteiger partial charge >= 0.3 is 0 Å². The van der Waals surface area contributed by atoms with Gasteiger partial charge in [-0.15, -0.1) is 0 Å². The molecule has 0 bridgehead atoms. The van der Waals surface area contributed by atoms with E-state index in [2.05, 4.69) is 79.2 Å². The average molecular weight is 481 g/mol. The predicted octanol–water partition coefficient (Wildman–Crippen LogP) is 8.17. The zero-order chi connectivity index (χ0) is 24.3. The van der Waals surface area contributed by atoms with Crippen LogP contribution in [-0.4, -0.2) is 10.2 Å². The molecular weight excluding hydrogens is 443 g/mol. The van der Waals surface area contributed by atoms with Crippen LogP contribution in [0.15, 0.2) is 58.5 Å². The Hall–Kier alpha value is -2.31. The lowest BCUT2D eigenvalue weighted by Gasteiger charge is -2.23. The number of hydrogen-bond donors (Lipinski definition) is 3. The number of fused-ring (bicyclic) bond motifs is 1. The minimum Gasteiger partial charge on any atom is -0.336 e. The van der Waals surface area contributed by atoms with Gasteiger partial charge in [0, 0.05) is 34.7 Å². The molecule has 2 aliphatic rings. The van der Waals surface area contributed by atoms with Crippen molar-refractivity contribution in [2.45, 2.75) is 77.7 Å². The Bertz CT molecular complexity index is 1110. The lowest BCUT2D eigenvalue weighted by Crippen LogP contribution is -2.09. The molecule has 2 heterocycles. The SMILES string of the molecule is C\C=C/C(=C\C(=C\CC)C1CCC(c2cc(Nc3ccc4c(c3F)CNS4)n[nH]2)C1)C(C)(C)C. The summed E-state index contributed by atoms with van der Waals surface area (Å²) >= 11 is 1.48. The van der Waals surface area contributed by atoms with Crippen LogP contribution in [0.3, 0.4) is 0 Å². The number of hydrogen-bond acceptors (Lipinski definition) is 4. The number of H-pyrrole nitrogens is 1. The zero-order valence-electron chi connectivity index (χ0n) is 21.0. The van der Waals surface area contributed by atoms with E-state index >= 15 is 0 Å². The van der Waals surface area contributed by atoms with Crippen molar-refractivity contribution in [2.75, 3.05) is 5.32 Å². The molecule has 1 aliphatic carbocycles. The average Bonchev–Trinajstić information content (AvgIpc) is 3.55. The summed E-state index contributed by atoms with van der Waals surface area (Å²) in [5, 5.41) is 10.8. The van der Waals surface area contributed by atoms with Crippen LogP contribution in [-0.2, 0) is 6.54 Å². The normalized spacial score (nSPS) is 21.5. The Morgan fingerprint density at radius 2 is 2.12 bits per heavy atom. The number of aromatic nitrogens is 2. The van der Waals surface area contributed by atoms with Crippen LogP contribution in [0.25, 0.3) is 0 Å². The van der Waals surface area contributed by atoms with Gasteiger partial charge in [0.25, 0.3) is 0 Å². The van der Waals surface area contributed by atoms with Crippen LogP contribution >= 0.6 is 11.9 Å². The third-order valence-corrected chi connectivity index (χ3v) is 7.70. The molecule has 1 aromatic heterocycles. The van der Waals surface area contributed by atoms with Gasteiger partial charge in [-0.2, -0.15) is 5.10 Å². The fourth-order valence-electron chi connectivity index (χ4n) is 4.91. The van der Waals surface area contributed by atoms with Crippen LogP contribution in [0.5, 0.6) is 0 Å². The molecule has 1 aliphatic heterocycles. The van der Waals surface area contributed by atoms with Crippen molar-refractivity contribution in [3.05, 3.63) is 70.7 Å². The first-order valence-electron chi connectivity index (χ1n) is 12.4. The van der Waals surface area contributed by atoms with E-state index in [9.17, 15) is 4.39 Å². The van der Waals surface area contributed by atoms with E-state index in [1.165, 1.54) is 29.5 Å². The van der Waals surface area contributed by atoms with Gasteiger partial charge in [0.2, 0.25) is 0 Å². The van der Waals surface area contributed by atoms with Gasteiger partial charge in [0.1, 0.15) is 0 Å². The second kappa shape index (κ2) is 10.5. The molecule has 2 atom stereocenters. The predicted molar refractivity (Wildman–Crippen MR) is 142 cm³/mol. The highest BCUT2D eigenvalue weighted by molar-refractivity contribution is 7.97. The first kappa shape index (κ1) is 24.8. The summed E-state index contributed by atoms with van der Waals surface area (Å²) < 4.78 is 18.0. The van der Waals surface area contributed by atoms with Crippen LogP contribution in [0.1, 0.15) is 77.5 Å². The number of nitrogens with zero attached hydrogens (tertiary/aromatic N) is 1. The van der Waals surface area contributed by atoms with E-state index in [0.717, 1.165) is 35.4 Å². The summed E-state index contributed by atoms with van der Waals surface area (Å²) in [5.74, 6) is 1.46. The first-order valence-corrected chi connectivity index (χ1v) is 13.2. The Kier molecular flexibility index (Phi) is 7.68. The number of rotatable bonds is 7. The van der Waals surface area contributed by atoms with Crippen LogP contribution < -0.4 is 10.0 Å². The van der Waals surface area contributed by atoms with Crippen molar-refractivity contribution in [1.82, 2.24) is 14.9 Å². The molecule has 1 saturated carbocycles. The molecule has 0 spiro atoms. The molecule has 4 nitrogen and oxygen atoms in total. The number of benzene rings is 1. The second-order valence-corrected chi connectivity index (χ2v) is 11.3. The summed E-state index contributed by atoms with van der Waals surface area (Å²) in [7, 11) is 0. The molecule has 0 amide bonds. The number of anilines is 2. The standard InChI is InChI=1S/C28H37FN4S/c1-6-8-18(15-21(9-7-2)28(3,4)5)19-10-11-20(14-19)24-16-26(33-32-24)31-23-12-13-25-22(27(23)29)17-30-34-25/h7-9,12-13,15-16,19-20,30H,6,10-11,14,17H2,1-5H3,(H2,31,32,33)/b9-7-,18-8-,21-15+. The van der Waals surface area contributed by atoms with E-state index < -0.39 is 0 Å². The topological polar surface area (TPSA) is 52.7 Å². The summed E-state index contributed by atoms with van der Waals surface area (Å²) in [6.45, 7) is 11.7. The van der Waals surface area contributed by atoms with Crippen molar-refractivity contribution in [2.24, 2.45) is 11.3 Å². The Morgan fingerprint density at radius 3 is 2.85 bits per heavy atom. The van der Waals surface area contributed by atoms with E-state index in [-0.39, 0.29) is 11.2 Å². The molecule has 0 saturated heterocycles. The van der Waals surface area contributed by atoms with Crippen LogP contribution in [0, 0.1) is 17.2 Å². The van der Waals surface area contributed by atoms with Crippen molar-refractivity contribution in [3.63, 3.8) is 0 Å². The molecule has 2 aromatic rings. The van der Waals surface area contributed by atoms with Crippen molar-refractivity contribution < 1.29 is 4.39 Å². The Morgan fingerprint density at radius 1 is 1.29 bits per heavy atom. The fourth-order valence-corrected chi connectivity index (χ4v) is 5.71. The Balaban J connectivity index is 1.47. The summed E-state index contributed by atoms with van der Waals surface area (Å²) in [6.07, 6.45) is 13.6. The van der Waals surface area contributed by atoms with E-state index in [1.807, 2.05) is 12.1 Å². The van der Waals surface area contributed by atoms with Gasteiger partial charge in [-0.1, -0.05) is 52.0 Å². The molecule has 1 aromatic carbocycles. The largest absolute Gasteiger partial charge is 0.336 e. The van der Waals surface area contributed by atoms with Gasteiger partial charge in [-0.05, 0) is 79.2 Å². The van der Waals surface area contributed by atoms with E-state index in [0.29, 0.717) is 29.9 Å². The molecule has 34 heavy (non-hydrogen) atoms. The zero-order valence-corrected chi connectivity index (χ0v) is 21.8. The molecule has 3 N–H and O–H groups in total. The minimum absolute atomic E-state index is 0.114. The van der Waals surface area contributed by atoms with Gasteiger partial charge in [0.15, 0.2) is 11.6 Å². The number of allylic oxidation sites excluding steroid dienone is 6. The number of aromatic amines is 1. The quantitative estimate of drug-likeness (QED) is 0.276. The monoisotopic (exact) mass is 480 g/mol. The highest BCUT2D eigenvalue weighted by Gasteiger charge is 2.30. The third-order valence-electron chi connectivity index (χ3n) is 6.81. The highest BCUT2D eigenvalue weighted by atomic mass is 32.2. The maximum Gasteiger partial charge on any atom is 0.152 e. The fraction of sp³-hybridized carbons (Fsp3) is 0.464. The third kappa shape index (κ3) is 5.49. The maximum absolute atomic E-state index is 14.9. The highest BCUT2D eigenvalue weighted by Crippen LogP contribution is 2.43. The smallest absolute Gasteiger partial charge is 0.152 e. The van der Waals surface area contributed by atoms with Gasteiger partial charge in [-0.3, -0.25) is 9.82 Å². The van der Waals surface area contributed by atoms with Crippen molar-refractivity contribution in [1.29, 1.82) is 0 Å². The lowest BCUT2D eigenvalue weighted by atomic mass is 9.82. The molecular formula is C28H37FN4S. The summed E-state index contributed by atoms with van der Waals surface area (Å²) in [4.78, 5) is 0.955.